The Morgan fingerprint density at radius 1 is 1.19 bits per heavy atom. The minimum Gasteiger partial charge on any atom is -0.494 e. The highest BCUT2D eigenvalue weighted by Crippen LogP contribution is 2.20. The number of nitrogens with one attached hydrogen (secondary N) is 1. The molecule has 1 aromatic carbocycles. The minimum atomic E-state index is -0.284. The number of carbonyl (C=O) groups is 1. The van der Waals surface area contributed by atoms with E-state index in [1.807, 2.05) is 16.8 Å². The van der Waals surface area contributed by atoms with Gasteiger partial charge in [-0.05, 0) is 48.6 Å². The minimum absolute atomic E-state index is 0.0512. The number of rotatable bonds is 10. The van der Waals surface area contributed by atoms with Gasteiger partial charge in [-0.1, -0.05) is 0 Å². The van der Waals surface area contributed by atoms with E-state index in [9.17, 15) is 9.18 Å². The van der Waals surface area contributed by atoms with E-state index in [0.29, 0.717) is 43.5 Å². The maximum absolute atomic E-state index is 12.8. The second-order valence-electron chi connectivity index (χ2n) is 5.87. The Balaban J connectivity index is 1.26. The van der Waals surface area contributed by atoms with Crippen molar-refractivity contribution in [3.63, 3.8) is 0 Å². The zero-order valence-corrected chi connectivity index (χ0v) is 15.5. The van der Waals surface area contributed by atoms with Crippen molar-refractivity contribution in [3.8, 4) is 17.2 Å². The van der Waals surface area contributed by atoms with Crippen LogP contribution in [0.25, 0.3) is 11.5 Å². The van der Waals surface area contributed by atoms with Crippen LogP contribution in [0.3, 0.4) is 0 Å². The van der Waals surface area contributed by atoms with Gasteiger partial charge in [-0.3, -0.25) is 4.79 Å². The zero-order valence-electron chi connectivity index (χ0n) is 14.7. The van der Waals surface area contributed by atoms with Gasteiger partial charge in [0.2, 0.25) is 17.7 Å². The smallest absolute Gasteiger partial charge is 0.248 e. The number of amides is 1. The lowest BCUT2D eigenvalue weighted by Gasteiger charge is -2.07. The van der Waals surface area contributed by atoms with Crippen LogP contribution >= 0.6 is 11.3 Å². The van der Waals surface area contributed by atoms with Gasteiger partial charge in [0, 0.05) is 30.3 Å². The van der Waals surface area contributed by atoms with Gasteiger partial charge < -0.3 is 14.5 Å². The Hall–Kier alpha value is -2.74. The number of hydrogen-bond acceptors (Lipinski definition) is 6. The molecule has 0 bridgehead atoms. The molecular formula is C19H20FN3O3S. The molecule has 0 aliphatic heterocycles. The van der Waals surface area contributed by atoms with Crippen LogP contribution < -0.4 is 10.1 Å². The number of hydrogen-bond donors (Lipinski definition) is 1. The van der Waals surface area contributed by atoms with Crippen molar-refractivity contribution < 1.29 is 18.3 Å². The molecule has 1 N–H and O–H groups in total. The van der Waals surface area contributed by atoms with Crippen LogP contribution in [0.5, 0.6) is 5.75 Å². The molecule has 27 heavy (non-hydrogen) atoms. The summed E-state index contributed by atoms with van der Waals surface area (Å²) in [5.74, 6) is 1.24. The van der Waals surface area contributed by atoms with E-state index in [2.05, 4.69) is 15.5 Å². The molecule has 3 rings (SSSR count). The fourth-order valence-corrected chi connectivity index (χ4v) is 2.97. The van der Waals surface area contributed by atoms with Crippen LogP contribution in [-0.4, -0.2) is 29.3 Å². The monoisotopic (exact) mass is 389 g/mol. The summed E-state index contributed by atoms with van der Waals surface area (Å²) in [6.07, 6.45) is 2.31. The Bertz CT molecular complexity index is 834. The van der Waals surface area contributed by atoms with Crippen LogP contribution in [0, 0.1) is 5.82 Å². The molecule has 142 valence electrons. The van der Waals surface area contributed by atoms with Crippen molar-refractivity contribution in [2.75, 3.05) is 13.2 Å². The average molecular weight is 389 g/mol. The number of halogens is 1. The van der Waals surface area contributed by atoms with Gasteiger partial charge in [0.05, 0.1) is 6.61 Å². The summed E-state index contributed by atoms with van der Waals surface area (Å²) in [6, 6.07) is 7.83. The fourth-order valence-electron chi connectivity index (χ4n) is 2.34. The number of aryl methyl sites for hydroxylation is 1. The van der Waals surface area contributed by atoms with Crippen LogP contribution in [0.4, 0.5) is 4.39 Å². The summed E-state index contributed by atoms with van der Waals surface area (Å²) in [4.78, 5) is 11.9. The number of thiophene rings is 1. The van der Waals surface area contributed by atoms with E-state index in [1.54, 1.807) is 23.5 Å². The second kappa shape index (κ2) is 9.82. The van der Waals surface area contributed by atoms with Crippen molar-refractivity contribution in [1.29, 1.82) is 0 Å². The Labute approximate surface area is 160 Å². The van der Waals surface area contributed by atoms with Gasteiger partial charge >= 0.3 is 0 Å². The summed E-state index contributed by atoms with van der Waals surface area (Å²) in [5.41, 5.74) is 0.894. The van der Waals surface area contributed by atoms with Crippen LogP contribution in [0.1, 0.15) is 25.2 Å². The molecule has 0 radical (unpaired) electrons. The highest BCUT2D eigenvalue weighted by atomic mass is 32.1. The molecule has 0 fully saturated rings. The van der Waals surface area contributed by atoms with Crippen molar-refractivity contribution in [1.82, 2.24) is 15.5 Å². The van der Waals surface area contributed by atoms with Crippen LogP contribution in [-0.2, 0) is 11.2 Å². The van der Waals surface area contributed by atoms with Crippen molar-refractivity contribution in [3.05, 3.63) is 52.8 Å². The number of ether oxygens (including phenoxy) is 1. The lowest BCUT2D eigenvalue weighted by atomic mass is 10.2. The molecule has 0 aliphatic rings. The molecule has 2 heterocycles. The molecule has 0 saturated carbocycles. The molecule has 0 atom stereocenters. The molecule has 2 aromatic heterocycles. The number of carbonyl (C=O) groups excluding carboxylic acids is 1. The normalized spacial score (nSPS) is 10.7. The molecule has 1 amide bonds. The van der Waals surface area contributed by atoms with Gasteiger partial charge in [0.1, 0.15) is 11.6 Å². The van der Waals surface area contributed by atoms with Crippen LogP contribution in [0.2, 0.25) is 0 Å². The lowest BCUT2D eigenvalue weighted by molar-refractivity contribution is -0.121. The molecule has 0 aliphatic carbocycles. The van der Waals surface area contributed by atoms with Gasteiger partial charge in [0.25, 0.3) is 0 Å². The Morgan fingerprint density at radius 3 is 2.81 bits per heavy atom. The maximum atomic E-state index is 12.8. The molecule has 6 nitrogen and oxygen atoms in total. The molecule has 3 aromatic rings. The van der Waals surface area contributed by atoms with E-state index in [1.165, 1.54) is 12.1 Å². The highest BCUT2D eigenvalue weighted by molar-refractivity contribution is 7.08. The largest absolute Gasteiger partial charge is 0.494 e. The third-order valence-electron chi connectivity index (χ3n) is 3.78. The van der Waals surface area contributed by atoms with Crippen molar-refractivity contribution in [2.45, 2.75) is 25.7 Å². The predicted molar refractivity (Wildman–Crippen MR) is 100 cm³/mol. The maximum Gasteiger partial charge on any atom is 0.248 e. The molecular weight excluding hydrogens is 369 g/mol. The summed E-state index contributed by atoms with van der Waals surface area (Å²) < 4.78 is 23.8. The molecule has 0 unspecified atom stereocenters. The third-order valence-corrected chi connectivity index (χ3v) is 4.46. The molecule has 0 spiro atoms. The van der Waals surface area contributed by atoms with E-state index in [0.717, 1.165) is 18.4 Å². The van der Waals surface area contributed by atoms with Crippen molar-refractivity contribution in [2.24, 2.45) is 0 Å². The number of benzene rings is 1. The zero-order chi connectivity index (χ0) is 18.9. The lowest BCUT2D eigenvalue weighted by Crippen LogP contribution is -2.25. The Kier molecular flexibility index (Phi) is 6.92. The quantitative estimate of drug-likeness (QED) is 0.533. The van der Waals surface area contributed by atoms with Crippen LogP contribution in [0.15, 0.2) is 45.5 Å². The van der Waals surface area contributed by atoms with Gasteiger partial charge in [0.15, 0.2) is 0 Å². The van der Waals surface area contributed by atoms with Gasteiger partial charge in [-0.25, -0.2) is 4.39 Å². The molecule has 8 heteroatoms. The van der Waals surface area contributed by atoms with E-state index in [-0.39, 0.29) is 11.7 Å². The third kappa shape index (κ3) is 6.18. The SMILES string of the molecule is O=C(CCc1nnc(-c2ccsc2)o1)NCCCCOc1ccc(F)cc1. The van der Waals surface area contributed by atoms with E-state index < -0.39 is 0 Å². The highest BCUT2D eigenvalue weighted by Gasteiger charge is 2.10. The standard InChI is InChI=1S/C19H20FN3O3S/c20-15-3-5-16(6-4-15)25-11-2-1-10-21-17(24)7-8-18-22-23-19(26-18)14-9-12-27-13-14/h3-6,9,12-13H,1-2,7-8,10-11H2,(H,21,24). The first kappa shape index (κ1) is 19.0. The predicted octanol–water partition coefficient (Wildman–Crippen LogP) is 3.85. The summed E-state index contributed by atoms with van der Waals surface area (Å²) >= 11 is 1.56. The number of nitrogens with zero attached hydrogens (tertiary/aromatic N) is 2. The topological polar surface area (TPSA) is 77.2 Å². The average Bonchev–Trinajstić information content (AvgIpc) is 3.35. The van der Waals surface area contributed by atoms with Crippen molar-refractivity contribution >= 4 is 17.2 Å². The fraction of sp³-hybridized carbons (Fsp3) is 0.316. The number of aromatic nitrogens is 2. The number of unbranched alkanes of at least 4 members (excludes halogenated alkanes) is 1. The second-order valence-corrected chi connectivity index (χ2v) is 6.65. The summed E-state index contributed by atoms with van der Waals surface area (Å²) in [6.45, 7) is 1.10. The first-order valence-electron chi connectivity index (χ1n) is 8.71. The molecule has 0 saturated heterocycles. The van der Waals surface area contributed by atoms with E-state index in [4.69, 9.17) is 9.15 Å². The van der Waals surface area contributed by atoms with E-state index >= 15 is 0 Å². The summed E-state index contributed by atoms with van der Waals surface area (Å²) in [5, 5.41) is 14.7. The van der Waals surface area contributed by atoms with Gasteiger partial charge in [-0.15, -0.1) is 10.2 Å². The Morgan fingerprint density at radius 2 is 2.04 bits per heavy atom. The van der Waals surface area contributed by atoms with Gasteiger partial charge in [-0.2, -0.15) is 11.3 Å². The summed E-state index contributed by atoms with van der Waals surface area (Å²) in [7, 11) is 0. The first-order valence-corrected chi connectivity index (χ1v) is 9.65. The first-order chi connectivity index (χ1) is 13.2.